The number of benzene rings is 1. The monoisotopic (exact) mass is 268 g/mol. The van der Waals surface area contributed by atoms with Gasteiger partial charge in [0.2, 0.25) is 0 Å². The van der Waals surface area contributed by atoms with Crippen molar-refractivity contribution in [2.24, 2.45) is 0 Å². The van der Waals surface area contributed by atoms with Crippen LogP contribution in [0.2, 0.25) is 10.0 Å². The molecule has 1 rings (SSSR count). The zero-order chi connectivity index (χ0) is 11.4. The molecule has 0 aliphatic heterocycles. The zero-order valence-corrected chi connectivity index (χ0v) is 9.99. The molecule has 0 aliphatic carbocycles. The summed E-state index contributed by atoms with van der Waals surface area (Å²) in [6.45, 7) is 0.115. The highest BCUT2D eigenvalue weighted by Gasteiger charge is 2.16. The summed E-state index contributed by atoms with van der Waals surface area (Å²) in [5, 5.41) is -0.315. The Bertz CT molecular complexity index is 379. The number of hydrogen-bond acceptors (Lipinski definition) is 3. The second-order valence-electron chi connectivity index (χ2n) is 2.60. The molecule has 0 aliphatic rings. The van der Waals surface area contributed by atoms with Gasteiger partial charge in [-0.15, -0.1) is 0 Å². The summed E-state index contributed by atoms with van der Waals surface area (Å²) in [6, 6.07) is 3.16. The van der Waals surface area contributed by atoms with Gasteiger partial charge in [-0.3, -0.25) is 4.79 Å². The second kappa shape index (κ2) is 5.68. The van der Waals surface area contributed by atoms with Crippen molar-refractivity contribution in [3.05, 3.63) is 33.3 Å². The van der Waals surface area contributed by atoms with Gasteiger partial charge in [-0.25, -0.2) is 9.78 Å². The number of hydrogen-bond donors (Lipinski definition) is 0. The molecule has 0 saturated carbocycles. The van der Waals surface area contributed by atoms with Gasteiger partial charge in [0, 0.05) is 5.56 Å². The minimum Gasteiger partial charge on any atom is -0.275 e. The SMILES string of the molecule is COOCc1ccc(Cl)c(C(=O)Cl)c1Cl. The van der Waals surface area contributed by atoms with Crippen molar-refractivity contribution in [1.82, 2.24) is 0 Å². The molecule has 0 fully saturated rings. The average molecular weight is 270 g/mol. The minimum absolute atomic E-state index is 0.0807. The minimum atomic E-state index is -0.704. The van der Waals surface area contributed by atoms with Crippen LogP contribution in [0.3, 0.4) is 0 Å². The molecule has 0 amide bonds. The standard InChI is InChI=1S/C9H7Cl3O3/c1-14-15-4-5-2-3-6(10)7(8(5)11)9(12)13/h2-3H,4H2,1H3. The smallest absolute Gasteiger partial charge is 0.255 e. The van der Waals surface area contributed by atoms with E-state index < -0.39 is 5.24 Å². The molecular formula is C9H7Cl3O3. The Hall–Kier alpha value is -0.320. The summed E-state index contributed by atoms with van der Waals surface area (Å²) in [5.74, 6) is 0. The van der Waals surface area contributed by atoms with E-state index in [4.69, 9.17) is 39.7 Å². The highest BCUT2D eigenvalue weighted by Crippen LogP contribution is 2.29. The molecule has 6 heteroatoms. The van der Waals surface area contributed by atoms with Gasteiger partial charge in [-0.05, 0) is 17.7 Å². The van der Waals surface area contributed by atoms with E-state index in [9.17, 15) is 4.79 Å². The second-order valence-corrected chi connectivity index (χ2v) is 3.73. The Morgan fingerprint density at radius 2 is 2.07 bits per heavy atom. The molecule has 0 spiro atoms. The molecule has 0 atom stereocenters. The molecule has 0 heterocycles. The lowest BCUT2D eigenvalue weighted by atomic mass is 10.1. The van der Waals surface area contributed by atoms with Crippen LogP contribution in [0.4, 0.5) is 0 Å². The number of rotatable bonds is 4. The third kappa shape index (κ3) is 3.06. The number of halogens is 3. The normalized spacial score (nSPS) is 10.4. The quantitative estimate of drug-likeness (QED) is 0.477. The predicted octanol–water partition coefficient (Wildman–Crippen LogP) is 3.45. The van der Waals surface area contributed by atoms with Crippen LogP contribution in [0.1, 0.15) is 15.9 Å². The van der Waals surface area contributed by atoms with Crippen molar-refractivity contribution < 1.29 is 14.6 Å². The lowest BCUT2D eigenvalue weighted by Gasteiger charge is -2.07. The van der Waals surface area contributed by atoms with Crippen LogP contribution in [0.5, 0.6) is 0 Å². The van der Waals surface area contributed by atoms with E-state index >= 15 is 0 Å². The van der Waals surface area contributed by atoms with Gasteiger partial charge in [0.15, 0.2) is 0 Å². The van der Waals surface area contributed by atoms with E-state index in [0.29, 0.717) is 5.56 Å². The Morgan fingerprint density at radius 1 is 1.40 bits per heavy atom. The first-order valence-corrected chi connectivity index (χ1v) is 5.03. The molecule has 15 heavy (non-hydrogen) atoms. The Balaban J connectivity index is 3.11. The predicted molar refractivity (Wildman–Crippen MR) is 58.4 cm³/mol. The fraction of sp³-hybridized carbons (Fsp3) is 0.222. The Morgan fingerprint density at radius 3 is 2.60 bits per heavy atom. The first-order chi connectivity index (χ1) is 7.07. The highest BCUT2D eigenvalue weighted by atomic mass is 35.5. The van der Waals surface area contributed by atoms with E-state index in [1.165, 1.54) is 13.2 Å². The third-order valence-corrected chi connectivity index (χ3v) is 2.64. The van der Waals surface area contributed by atoms with Gasteiger partial charge in [0.05, 0.1) is 22.7 Å². The van der Waals surface area contributed by atoms with Crippen LogP contribution >= 0.6 is 34.8 Å². The molecule has 3 nitrogen and oxygen atoms in total. The summed E-state index contributed by atoms with van der Waals surface area (Å²) in [6.07, 6.45) is 0. The van der Waals surface area contributed by atoms with Gasteiger partial charge in [0.25, 0.3) is 5.24 Å². The molecule has 0 N–H and O–H groups in total. The summed E-state index contributed by atoms with van der Waals surface area (Å²) in [5.41, 5.74) is 0.657. The summed E-state index contributed by atoms with van der Waals surface area (Å²) >= 11 is 17.0. The highest BCUT2D eigenvalue weighted by molar-refractivity contribution is 6.70. The molecule has 0 aromatic heterocycles. The van der Waals surface area contributed by atoms with Gasteiger partial charge >= 0.3 is 0 Å². The maximum absolute atomic E-state index is 11.0. The largest absolute Gasteiger partial charge is 0.275 e. The van der Waals surface area contributed by atoms with Crippen LogP contribution in [0.15, 0.2) is 12.1 Å². The first-order valence-electron chi connectivity index (χ1n) is 3.90. The molecule has 82 valence electrons. The molecule has 0 bridgehead atoms. The zero-order valence-electron chi connectivity index (χ0n) is 7.72. The maximum Gasteiger partial charge on any atom is 0.255 e. The molecule has 1 aromatic carbocycles. The fourth-order valence-electron chi connectivity index (χ4n) is 1.01. The summed E-state index contributed by atoms with van der Waals surface area (Å²) < 4.78 is 0. The number of carbonyl (C=O) groups excluding carboxylic acids is 1. The van der Waals surface area contributed by atoms with Crippen molar-refractivity contribution in [2.75, 3.05) is 7.11 Å². The average Bonchev–Trinajstić information content (AvgIpc) is 2.16. The van der Waals surface area contributed by atoms with E-state index in [-0.39, 0.29) is 22.2 Å². The summed E-state index contributed by atoms with van der Waals surface area (Å²) in [7, 11) is 1.37. The first kappa shape index (κ1) is 12.7. The van der Waals surface area contributed by atoms with Crippen molar-refractivity contribution in [3.8, 4) is 0 Å². The van der Waals surface area contributed by atoms with Crippen molar-refractivity contribution in [1.29, 1.82) is 0 Å². The van der Waals surface area contributed by atoms with Crippen LogP contribution in [-0.4, -0.2) is 12.4 Å². The van der Waals surface area contributed by atoms with Gasteiger partial charge in [-0.2, -0.15) is 0 Å². The van der Waals surface area contributed by atoms with Crippen LogP contribution in [-0.2, 0) is 16.4 Å². The van der Waals surface area contributed by atoms with Gasteiger partial charge in [-0.1, -0.05) is 29.3 Å². The van der Waals surface area contributed by atoms with E-state index in [1.54, 1.807) is 6.07 Å². The van der Waals surface area contributed by atoms with Gasteiger partial charge < -0.3 is 0 Å². The molecule has 0 unspecified atom stereocenters. The van der Waals surface area contributed by atoms with E-state index in [2.05, 4.69) is 4.89 Å². The summed E-state index contributed by atoms with van der Waals surface area (Å²) in [4.78, 5) is 20.2. The Labute approximate surface area is 102 Å². The van der Waals surface area contributed by atoms with Crippen LogP contribution in [0.25, 0.3) is 0 Å². The fourth-order valence-corrected chi connectivity index (χ4v) is 1.90. The van der Waals surface area contributed by atoms with Crippen LogP contribution in [0, 0.1) is 0 Å². The number of carbonyl (C=O) groups is 1. The molecule has 1 aromatic rings. The lowest BCUT2D eigenvalue weighted by molar-refractivity contribution is -0.282. The maximum atomic E-state index is 11.0. The van der Waals surface area contributed by atoms with Gasteiger partial charge in [0.1, 0.15) is 6.61 Å². The van der Waals surface area contributed by atoms with Crippen LogP contribution < -0.4 is 0 Å². The molecule has 0 radical (unpaired) electrons. The lowest BCUT2D eigenvalue weighted by Crippen LogP contribution is -1.98. The van der Waals surface area contributed by atoms with Crippen molar-refractivity contribution >= 4 is 40.0 Å². The Kier molecular flexibility index (Phi) is 4.83. The third-order valence-electron chi connectivity index (χ3n) is 1.70. The van der Waals surface area contributed by atoms with Crippen molar-refractivity contribution in [3.63, 3.8) is 0 Å². The molecular weight excluding hydrogens is 262 g/mol. The molecule has 0 saturated heterocycles. The van der Waals surface area contributed by atoms with E-state index in [1.807, 2.05) is 0 Å². The van der Waals surface area contributed by atoms with E-state index in [0.717, 1.165) is 0 Å². The van der Waals surface area contributed by atoms with Crippen molar-refractivity contribution in [2.45, 2.75) is 6.61 Å². The topological polar surface area (TPSA) is 35.5 Å².